The molecule has 1 aliphatic rings. The molecule has 1 aliphatic heterocycles. The van der Waals surface area contributed by atoms with Crippen molar-refractivity contribution in [2.45, 2.75) is 26.8 Å². The van der Waals surface area contributed by atoms with Crippen LogP contribution >= 0.6 is 23.7 Å². The number of anilines is 1. The zero-order chi connectivity index (χ0) is 18.7. The lowest BCUT2D eigenvalue weighted by Crippen LogP contribution is -2.30. The van der Waals surface area contributed by atoms with Crippen LogP contribution < -0.4 is 5.32 Å². The summed E-state index contributed by atoms with van der Waals surface area (Å²) >= 11 is 1.41. The van der Waals surface area contributed by atoms with E-state index in [0.29, 0.717) is 16.1 Å². The second-order valence-corrected chi connectivity index (χ2v) is 7.11. The molecule has 0 atom stereocenters. The predicted molar refractivity (Wildman–Crippen MR) is 107 cm³/mol. The van der Waals surface area contributed by atoms with Crippen LogP contribution in [0.15, 0.2) is 24.3 Å². The van der Waals surface area contributed by atoms with Gasteiger partial charge in [-0.2, -0.15) is 0 Å². The van der Waals surface area contributed by atoms with Crippen LogP contribution in [0.3, 0.4) is 0 Å². The van der Waals surface area contributed by atoms with E-state index in [4.69, 9.17) is 4.74 Å². The summed E-state index contributed by atoms with van der Waals surface area (Å²) in [6, 6.07) is 5.31. The second-order valence-electron chi connectivity index (χ2n) is 6.01. The normalized spacial score (nSPS) is 13.4. The Balaban J connectivity index is 0.00000261. The minimum absolute atomic E-state index is 0. The molecule has 5 nitrogen and oxygen atoms in total. The molecule has 0 fully saturated rings. The smallest absolute Gasteiger partial charge is 0.341 e. The first-order valence-corrected chi connectivity index (χ1v) is 9.46. The van der Waals surface area contributed by atoms with Crippen molar-refractivity contribution in [2.24, 2.45) is 0 Å². The Morgan fingerprint density at radius 2 is 1.96 bits per heavy atom. The van der Waals surface area contributed by atoms with Crippen molar-refractivity contribution in [3.05, 3.63) is 51.7 Å². The number of carbonyl (C=O) groups excluding carboxylic acids is 2. The minimum Gasteiger partial charge on any atom is -0.462 e. The molecular weight excluding hydrogens is 391 g/mol. The summed E-state index contributed by atoms with van der Waals surface area (Å²) in [5, 5.41) is 3.31. The maximum Gasteiger partial charge on any atom is 0.341 e. The van der Waals surface area contributed by atoms with E-state index in [1.54, 1.807) is 6.92 Å². The number of carbonyl (C=O) groups is 2. The first-order valence-electron chi connectivity index (χ1n) is 8.64. The minimum atomic E-state index is -0.413. The van der Waals surface area contributed by atoms with Crippen LogP contribution in [0.4, 0.5) is 9.39 Å². The third-order valence-corrected chi connectivity index (χ3v) is 5.53. The molecule has 0 bridgehead atoms. The molecule has 0 saturated heterocycles. The molecule has 0 saturated carbocycles. The van der Waals surface area contributed by atoms with Gasteiger partial charge in [0.05, 0.1) is 12.2 Å². The van der Waals surface area contributed by atoms with Crippen LogP contribution in [0.5, 0.6) is 0 Å². The summed E-state index contributed by atoms with van der Waals surface area (Å²) in [6.07, 6.45) is 0.750. The van der Waals surface area contributed by atoms with Gasteiger partial charge in [-0.15, -0.1) is 23.7 Å². The summed E-state index contributed by atoms with van der Waals surface area (Å²) in [4.78, 5) is 28.4. The number of likely N-dealkylation sites (N-methyl/N-ethyl adjacent to an activating group) is 1. The maximum absolute atomic E-state index is 13.1. The Hall–Kier alpha value is -1.96. The van der Waals surface area contributed by atoms with Crippen molar-refractivity contribution in [1.82, 2.24) is 4.90 Å². The Morgan fingerprint density at radius 3 is 2.59 bits per heavy atom. The standard InChI is InChI=1S/C19H21FN2O3S.ClH/c1-3-22-10-9-14-15(11-22)26-18(16(14)19(24)25-4-2)21-17(23)12-5-7-13(20)8-6-12;/h5-8H,3-4,9-11H2,1-2H3,(H,21,23);1H. The van der Waals surface area contributed by atoms with E-state index in [2.05, 4.69) is 17.1 Å². The molecule has 1 aromatic heterocycles. The Kier molecular flexibility index (Phi) is 7.35. The largest absolute Gasteiger partial charge is 0.462 e. The number of ether oxygens (including phenoxy) is 1. The van der Waals surface area contributed by atoms with Gasteiger partial charge < -0.3 is 10.1 Å². The zero-order valence-electron chi connectivity index (χ0n) is 15.2. The molecule has 1 aromatic carbocycles. The van der Waals surface area contributed by atoms with E-state index < -0.39 is 11.8 Å². The number of halogens is 2. The van der Waals surface area contributed by atoms with Crippen molar-refractivity contribution >= 4 is 40.6 Å². The van der Waals surface area contributed by atoms with Gasteiger partial charge in [0.15, 0.2) is 0 Å². The maximum atomic E-state index is 13.1. The Morgan fingerprint density at radius 1 is 1.26 bits per heavy atom. The highest BCUT2D eigenvalue weighted by Crippen LogP contribution is 2.37. The molecule has 0 aliphatic carbocycles. The summed E-state index contributed by atoms with van der Waals surface area (Å²) in [7, 11) is 0. The van der Waals surface area contributed by atoms with Crippen LogP contribution in [-0.4, -0.2) is 36.5 Å². The summed E-state index contributed by atoms with van der Waals surface area (Å²) in [6.45, 7) is 6.70. The van der Waals surface area contributed by atoms with E-state index in [9.17, 15) is 14.0 Å². The van der Waals surface area contributed by atoms with Gasteiger partial charge in [0, 0.05) is 23.5 Å². The summed E-state index contributed by atoms with van der Waals surface area (Å²) in [5.41, 5.74) is 1.76. The quantitative estimate of drug-likeness (QED) is 0.750. The molecule has 0 spiro atoms. The Bertz CT molecular complexity index is 823. The van der Waals surface area contributed by atoms with Crippen LogP contribution in [0.2, 0.25) is 0 Å². The molecule has 2 aromatic rings. The molecule has 27 heavy (non-hydrogen) atoms. The van der Waals surface area contributed by atoms with E-state index in [1.165, 1.54) is 35.6 Å². The number of nitrogens with one attached hydrogen (secondary N) is 1. The monoisotopic (exact) mass is 412 g/mol. The molecule has 0 unspecified atom stereocenters. The number of benzene rings is 1. The number of nitrogens with zero attached hydrogens (tertiary/aromatic N) is 1. The first kappa shape index (κ1) is 21.3. The van der Waals surface area contributed by atoms with Crippen LogP contribution in [0.1, 0.15) is 45.0 Å². The Labute approximate surface area is 167 Å². The first-order chi connectivity index (χ1) is 12.5. The number of fused-ring (bicyclic) bond motifs is 1. The van der Waals surface area contributed by atoms with Gasteiger partial charge in [-0.1, -0.05) is 6.92 Å². The van der Waals surface area contributed by atoms with E-state index >= 15 is 0 Å². The summed E-state index contributed by atoms with van der Waals surface area (Å²) in [5.74, 6) is -1.19. The molecular formula is C19H22ClFN2O3S. The summed E-state index contributed by atoms with van der Waals surface area (Å²) < 4.78 is 18.3. The van der Waals surface area contributed by atoms with Crippen molar-refractivity contribution in [2.75, 3.05) is 25.0 Å². The SMILES string of the molecule is CCOC(=O)c1c(NC(=O)c2ccc(F)cc2)sc2c1CCN(CC)C2.Cl. The molecule has 1 N–H and O–H groups in total. The molecule has 3 rings (SSSR count). The molecule has 8 heteroatoms. The number of rotatable bonds is 5. The second kappa shape index (κ2) is 9.30. The van der Waals surface area contributed by atoms with Gasteiger partial charge in [-0.3, -0.25) is 9.69 Å². The average Bonchev–Trinajstić information content (AvgIpc) is 2.99. The average molecular weight is 413 g/mol. The molecule has 146 valence electrons. The lowest BCUT2D eigenvalue weighted by atomic mass is 10.0. The fourth-order valence-corrected chi connectivity index (χ4v) is 4.28. The fourth-order valence-electron chi connectivity index (χ4n) is 3.01. The highest BCUT2D eigenvalue weighted by molar-refractivity contribution is 7.17. The lowest BCUT2D eigenvalue weighted by molar-refractivity contribution is 0.0526. The van der Waals surface area contributed by atoms with Gasteiger partial charge in [0.1, 0.15) is 10.8 Å². The van der Waals surface area contributed by atoms with E-state index in [-0.39, 0.29) is 24.9 Å². The fraction of sp³-hybridized carbons (Fsp3) is 0.368. The number of thiophene rings is 1. The molecule has 2 heterocycles. The van der Waals surface area contributed by atoms with Gasteiger partial charge in [0.25, 0.3) is 5.91 Å². The highest BCUT2D eigenvalue weighted by atomic mass is 35.5. The van der Waals surface area contributed by atoms with Crippen molar-refractivity contribution in [3.63, 3.8) is 0 Å². The number of hydrogen-bond acceptors (Lipinski definition) is 5. The zero-order valence-corrected chi connectivity index (χ0v) is 16.8. The van der Waals surface area contributed by atoms with Crippen molar-refractivity contribution in [3.8, 4) is 0 Å². The van der Waals surface area contributed by atoms with Gasteiger partial charge in [-0.25, -0.2) is 9.18 Å². The molecule has 0 radical (unpaired) electrons. The molecule has 1 amide bonds. The van der Waals surface area contributed by atoms with Gasteiger partial charge in [0.2, 0.25) is 0 Å². The van der Waals surface area contributed by atoms with Gasteiger partial charge >= 0.3 is 5.97 Å². The van der Waals surface area contributed by atoms with Crippen molar-refractivity contribution < 1.29 is 18.7 Å². The lowest BCUT2D eigenvalue weighted by Gasteiger charge is -2.25. The van der Waals surface area contributed by atoms with Crippen LogP contribution in [0.25, 0.3) is 0 Å². The predicted octanol–water partition coefficient (Wildman–Crippen LogP) is 4.12. The topological polar surface area (TPSA) is 58.6 Å². The third kappa shape index (κ3) is 4.66. The van der Waals surface area contributed by atoms with E-state index in [1.807, 2.05) is 0 Å². The highest BCUT2D eigenvalue weighted by Gasteiger charge is 2.29. The van der Waals surface area contributed by atoms with Crippen LogP contribution in [0, 0.1) is 5.82 Å². The van der Waals surface area contributed by atoms with Crippen molar-refractivity contribution in [1.29, 1.82) is 0 Å². The number of esters is 1. The van der Waals surface area contributed by atoms with Crippen LogP contribution in [-0.2, 0) is 17.7 Å². The van der Waals surface area contributed by atoms with E-state index in [0.717, 1.165) is 36.5 Å². The number of amides is 1. The third-order valence-electron chi connectivity index (χ3n) is 4.40. The van der Waals surface area contributed by atoms with Gasteiger partial charge in [-0.05, 0) is 49.7 Å². The number of hydrogen-bond donors (Lipinski definition) is 1.